The SMILES string of the molecule is COc1ccc(-c2nc(C#N)c(NCCCN3CCOCC3)o2)cc1OC. The molecule has 27 heavy (non-hydrogen) atoms. The number of hydrogen-bond donors (Lipinski definition) is 1. The molecule has 0 atom stereocenters. The van der Waals surface area contributed by atoms with E-state index in [1.54, 1.807) is 26.4 Å². The Bertz CT molecular complexity index is 793. The number of anilines is 1. The van der Waals surface area contributed by atoms with Crippen molar-refractivity contribution in [3.8, 4) is 29.0 Å². The third-order valence-electron chi connectivity index (χ3n) is 4.40. The number of oxazole rings is 1. The van der Waals surface area contributed by atoms with Crippen LogP contribution < -0.4 is 14.8 Å². The Balaban J connectivity index is 1.64. The largest absolute Gasteiger partial charge is 0.493 e. The van der Waals surface area contributed by atoms with E-state index >= 15 is 0 Å². The Hall–Kier alpha value is -2.76. The molecule has 144 valence electrons. The maximum Gasteiger partial charge on any atom is 0.232 e. The van der Waals surface area contributed by atoms with E-state index in [1.165, 1.54) is 0 Å². The van der Waals surface area contributed by atoms with Crippen LogP contribution in [0.5, 0.6) is 11.5 Å². The Morgan fingerprint density at radius 2 is 2.00 bits per heavy atom. The van der Waals surface area contributed by atoms with Gasteiger partial charge in [-0.15, -0.1) is 0 Å². The van der Waals surface area contributed by atoms with Gasteiger partial charge in [0.05, 0.1) is 27.4 Å². The molecule has 0 saturated carbocycles. The predicted molar refractivity (Wildman–Crippen MR) is 100 cm³/mol. The van der Waals surface area contributed by atoms with E-state index in [2.05, 4.69) is 21.3 Å². The van der Waals surface area contributed by atoms with E-state index in [4.69, 9.17) is 18.6 Å². The fourth-order valence-corrected chi connectivity index (χ4v) is 2.94. The zero-order valence-corrected chi connectivity index (χ0v) is 15.7. The Morgan fingerprint density at radius 1 is 1.22 bits per heavy atom. The number of ether oxygens (including phenoxy) is 3. The van der Waals surface area contributed by atoms with Crippen LogP contribution >= 0.6 is 0 Å². The molecule has 0 aliphatic carbocycles. The smallest absolute Gasteiger partial charge is 0.232 e. The molecule has 0 spiro atoms. The Kier molecular flexibility index (Phi) is 6.52. The predicted octanol–water partition coefficient (Wildman–Crippen LogP) is 2.36. The first-order valence-electron chi connectivity index (χ1n) is 8.92. The summed E-state index contributed by atoms with van der Waals surface area (Å²) in [6, 6.07) is 7.44. The molecule has 1 aliphatic rings. The molecule has 2 aromatic rings. The maximum atomic E-state index is 9.34. The number of aromatic nitrogens is 1. The number of nitrogens with one attached hydrogen (secondary N) is 1. The molecule has 1 fully saturated rings. The fraction of sp³-hybridized carbons (Fsp3) is 0.474. The van der Waals surface area contributed by atoms with Crippen LogP contribution in [0.3, 0.4) is 0 Å². The molecule has 2 heterocycles. The average molecular weight is 372 g/mol. The van der Waals surface area contributed by atoms with Gasteiger partial charge in [0.25, 0.3) is 0 Å². The summed E-state index contributed by atoms with van der Waals surface area (Å²) in [5, 5.41) is 12.5. The third kappa shape index (κ3) is 4.70. The summed E-state index contributed by atoms with van der Waals surface area (Å²) in [6.07, 6.45) is 0.942. The second-order valence-corrected chi connectivity index (χ2v) is 6.11. The number of nitriles is 1. The number of hydrogen-bond acceptors (Lipinski definition) is 8. The highest BCUT2D eigenvalue weighted by atomic mass is 16.5. The van der Waals surface area contributed by atoms with Gasteiger partial charge in [0, 0.05) is 25.2 Å². The second kappa shape index (κ2) is 9.26. The molecule has 1 aliphatic heterocycles. The van der Waals surface area contributed by atoms with Gasteiger partial charge in [0.15, 0.2) is 11.5 Å². The van der Waals surface area contributed by atoms with E-state index in [-0.39, 0.29) is 5.69 Å². The fourth-order valence-electron chi connectivity index (χ4n) is 2.94. The van der Waals surface area contributed by atoms with Gasteiger partial charge < -0.3 is 23.9 Å². The summed E-state index contributed by atoms with van der Waals surface area (Å²) in [5.74, 6) is 1.95. The summed E-state index contributed by atoms with van der Waals surface area (Å²) in [5.41, 5.74) is 0.955. The molecule has 1 aromatic heterocycles. The molecule has 8 heteroatoms. The van der Waals surface area contributed by atoms with Crippen molar-refractivity contribution >= 4 is 5.88 Å². The van der Waals surface area contributed by atoms with Crippen LogP contribution in [0.15, 0.2) is 22.6 Å². The van der Waals surface area contributed by atoms with Crippen molar-refractivity contribution in [2.24, 2.45) is 0 Å². The molecular formula is C19H24N4O4. The minimum Gasteiger partial charge on any atom is -0.493 e. The topological polar surface area (TPSA) is 92.8 Å². The van der Waals surface area contributed by atoms with Crippen molar-refractivity contribution in [1.82, 2.24) is 9.88 Å². The molecule has 3 rings (SSSR count). The first-order chi connectivity index (χ1) is 13.2. The average Bonchev–Trinajstić information content (AvgIpc) is 3.14. The highest BCUT2D eigenvalue weighted by Gasteiger charge is 2.16. The van der Waals surface area contributed by atoms with Gasteiger partial charge >= 0.3 is 0 Å². The number of benzene rings is 1. The quantitative estimate of drug-likeness (QED) is 0.706. The van der Waals surface area contributed by atoms with E-state index in [0.717, 1.165) is 39.3 Å². The van der Waals surface area contributed by atoms with Crippen LogP contribution in [-0.4, -0.2) is 63.5 Å². The van der Waals surface area contributed by atoms with Gasteiger partial charge in [-0.05, 0) is 31.2 Å². The summed E-state index contributed by atoms with van der Waals surface area (Å²) < 4.78 is 21.7. The van der Waals surface area contributed by atoms with Crippen molar-refractivity contribution in [2.45, 2.75) is 6.42 Å². The number of nitrogens with zero attached hydrogens (tertiary/aromatic N) is 3. The Morgan fingerprint density at radius 3 is 2.70 bits per heavy atom. The van der Waals surface area contributed by atoms with Crippen molar-refractivity contribution in [1.29, 1.82) is 5.26 Å². The molecule has 1 saturated heterocycles. The van der Waals surface area contributed by atoms with Crippen LogP contribution in [0.2, 0.25) is 0 Å². The van der Waals surface area contributed by atoms with E-state index in [9.17, 15) is 5.26 Å². The minimum absolute atomic E-state index is 0.242. The summed E-state index contributed by atoms with van der Waals surface area (Å²) in [4.78, 5) is 6.65. The molecule has 0 bridgehead atoms. The highest BCUT2D eigenvalue weighted by molar-refractivity contribution is 5.63. The third-order valence-corrected chi connectivity index (χ3v) is 4.40. The van der Waals surface area contributed by atoms with Gasteiger partial charge in [-0.25, -0.2) is 0 Å². The first-order valence-corrected chi connectivity index (χ1v) is 8.92. The summed E-state index contributed by atoms with van der Waals surface area (Å²) in [6.45, 7) is 5.21. The second-order valence-electron chi connectivity index (χ2n) is 6.11. The first kappa shape index (κ1) is 19.0. The van der Waals surface area contributed by atoms with E-state index in [0.29, 0.717) is 35.4 Å². The van der Waals surface area contributed by atoms with Crippen molar-refractivity contribution < 1.29 is 18.6 Å². The molecule has 1 aromatic carbocycles. The van der Waals surface area contributed by atoms with E-state index < -0.39 is 0 Å². The van der Waals surface area contributed by atoms with Crippen LogP contribution in [-0.2, 0) is 4.74 Å². The lowest BCUT2D eigenvalue weighted by molar-refractivity contribution is 0.0378. The number of morpholine rings is 1. The van der Waals surface area contributed by atoms with Crippen LogP contribution in [0, 0.1) is 11.3 Å². The van der Waals surface area contributed by atoms with Crippen LogP contribution in [0.4, 0.5) is 5.88 Å². The van der Waals surface area contributed by atoms with Crippen molar-refractivity contribution in [3.63, 3.8) is 0 Å². The highest BCUT2D eigenvalue weighted by Crippen LogP contribution is 2.33. The molecule has 0 radical (unpaired) electrons. The number of methoxy groups -OCH3 is 2. The van der Waals surface area contributed by atoms with E-state index in [1.807, 2.05) is 6.07 Å². The van der Waals surface area contributed by atoms with Gasteiger partial charge in [0.2, 0.25) is 17.5 Å². The standard InChI is InChI=1S/C19H24N4O4/c1-24-16-5-4-14(12-17(16)25-2)18-22-15(13-20)19(27-18)21-6-3-7-23-8-10-26-11-9-23/h4-5,12,21H,3,6-11H2,1-2H3. The van der Waals surface area contributed by atoms with Gasteiger partial charge in [-0.2, -0.15) is 10.2 Å². The minimum atomic E-state index is 0.242. The van der Waals surface area contributed by atoms with Gasteiger partial charge in [-0.3, -0.25) is 4.90 Å². The molecule has 1 N–H and O–H groups in total. The monoisotopic (exact) mass is 372 g/mol. The van der Waals surface area contributed by atoms with Gasteiger partial charge in [0.1, 0.15) is 6.07 Å². The summed E-state index contributed by atoms with van der Waals surface area (Å²) in [7, 11) is 3.15. The maximum absolute atomic E-state index is 9.34. The zero-order chi connectivity index (χ0) is 19.1. The Labute approximate surface area is 158 Å². The van der Waals surface area contributed by atoms with Crippen LogP contribution in [0.1, 0.15) is 12.1 Å². The summed E-state index contributed by atoms with van der Waals surface area (Å²) >= 11 is 0. The molecule has 0 unspecified atom stereocenters. The van der Waals surface area contributed by atoms with Crippen molar-refractivity contribution in [3.05, 3.63) is 23.9 Å². The normalized spacial score (nSPS) is 14.6. The number of rotatable bonds is 8. The molecule has 0 amide bonds. The lowest BCUT2D eigenvalue weighted by atomic mass is 10.2. The van der Waals surface area contributed by atoms with Gasteiger partial charge in [-0.1, -0.05) is 0 Å². The molecular weight excluding hydrogens is 348 g/mol. The zero-order valence-electron chi connectivity index (χ0n) is 15.7. The van der Waals surface area contributed by atoms with Crippen LogP contribution in [0.25, 0.3) is 11.5 Å². The van der Waals surface area contributed by atoms with Crippen molar-refractivity contribution in [2.75, 3.05) is 58.9 Å². The lowest BCUT2D eigenvalue weighted by Gasteiger charge is -2.26. The lowest BCUT2D eigenvalue weighted by Crippen LogP contribution is -2.37. The molecule has 8 nitrogen and oxygen atoms in total.